The molecule has 15 nitrogen and oxygen atoms in total. The van der Waals surface area contributed by atoms with Crippen LogP contribution in [0.4, 0.5) is 0 Å². The second kappa shape index (κ2) is 31.5. The van der Waals surface area contributed by atoms with Gasteiger partial charge in [-0.1, -0.05) is 36.4 Å². The summed E-state index contributed by atoms with van der Waals surface area (Å²) in [7, 11) is 5.73. The molecule has 0 bridgehead atoms. The fourth-order valence-corrected chi connectivity index (χ4v) is 6.30. The van der Waals surface area contributed by atoms with Gasteiger partial charge in [0.05, 0.1) is 39.6 Å². The Bertz CT molecular complexity index is 1420. The first-order valence-corrected chi connectivity index (χ1v) is 23.0. The van der Waals surface area contributed by atoms with Gasteiger partial charge in [-0.25, -0.2) is 0 Å². The Labute approximate surface area is 383 Å². The molecule has 3 aromatic carbocycles. The third kappa shape index (κ3) is 22.7. The minimum absolute atomic E-state index is 0.0910. The molecule has 0 radical (unpaired) electrons. The third-order valence-corrected chi connectivity index (χ3v) is 10.8. The van der Waals surface area contributed by atoms with Gasteiger partial charge in [0.25, 0.3) is 0 Å². The molecular formula is C49H82N6O9. The molecule has 3 rings (SSSR count). The fourth-order valence-electron chi connectivity index (χ4n) is 6.30. The largest absolute Gasteiger partial charge is 0.491 e. The van der Waals surface area contributed by atoms with E-state index in [4.69, 9.17) is 28.4 Å². The summed E-state index contributed by atoms with van der Waals surface area (Å²) in [6.07, 6.45) is -2.07. The average Bonchev–Trinajstić information content (AvgIpc) is 3.30. The lowest BCUT2D eigenvalue weighted by molar-refractivity contribution is 0.0815. The van der Waals surface area contributed by atoms with Crippen LogP contribution in [0.5, 0.6) is 17.2 Å². The van der Waals surface area contributed by atoms with E-state index < -0.39 is 18.3 Å². The normalized spacial score (nSPS) is 16.5. The van der Waals surface area contributed by atoms with Gasteiger partial charge >= 0.3 is 0 Å². The van der Waals surface area contributed by atoms with Crippen molar-refractivity contribution in [1.82, 2.24) is 31.9 Å². The van der Waals surface area contributed by atoms with Crippen LogP contribution >= 0.6 is 0 Å². The van der Waals surface area contributed by atoms with E-state index in [0.29, 0.717) is 76.5 Å². The molecule has 0 aliphatic carbocycles. The van der Waals surface area contributed by atoms with E-state index in [2.05, 4.69) is 52.7 Å². The van der Waals surface area contributed by atoms with E-state index in [0.717, 1.165) is 16.7 Å². The zero-order valence-corrected chi connectivity index (χ0v) is 40.0. The van der Waals surface area contributed by atoms with Gasteiger partial charge in [0, 0.05) is 61.8 Å². The van der Waals surface area contributed by atoms with Crippen LogP contribution in [0.15, 0.2) is 72.8 Å². The summed E-state index contributed by atoms with van der Waals surface area (Å²) in [5, 5.41) is 51.3. The number of benzene rings is 3. The second-order valence-corrected chi connectivity index (χ2v) is 17.1. The lowest BCUT2D eigenvalue weighted by Gasteiger charge is -2.21. The molecular weight excluding hydrogens is 817 g/mol. The lowest BCUT2D eigenvalue weighted by atomic mass is 9.85. The van der Waals surface area contributed by atoms with Gasteiger partial charge in [0.1, 0.15) is 55.4 Å². The third-order valence-electron chi connectivity index (χ3n) is 10.8. The van der Waals surface area contributed by atoms with Crippen LogP contribution in [0.2, 0.25) is 0 Å². The van der Waals surface area contributed by atoms with Crippen molar-refractivity contribution < 1.29 is 43.7 Å². The molecule has 64 heavy (non-hydrogen) atoms. The quantitative estimate of drug-likeness (QED) is 0.0388. The zero-order valence-electron chi connectivity index (χ0n) is 40.0. The number of aliphatic hydroxyl groups excluding tert-OH is 3. The Morgan fingerprint density at radius 3 is 0.828 bits per heavy atom. The minimum atomic E-state index is -0.691. The van der Waals surface area contributed by atoms with Crippen LogP contribution < -0.4 is 46.1 Å². The standard InChI is InChI=1S/C49H82N6O9/c1-34(50-7)25-59-28-37(4)53-22-43(56)31-62-46-16-10-40(11-17-46)49(41-12-18-47(19-13-41)63-32-44(57)23-54-38(5)29-60-26-35(2)51-8)42-14-20-48(21-15-42)64-33-45(58)24-55-39(6)30-61-27-36(3)52-9/h10-21,34-39,43-45,49-58H,22-33H2,1-9H3. The summed E-state index contributed by atoms with van der Waals surface area (Å²) in [6.45, 7) is 17.4. The number of hydrogen-bond donors (Lipinski definition) is 9. The van der Waals surface area contributed by atoms with Crippen molar-refractivity contribution in [2.75, 3.05) is 100 Å². The molecule has 9 N–H and O–H groups in total. The van der Waals surface area contributed by atoms with Crippen LogP contribution in [0, 0.1) is 0 Å². The highest BCUT2D eigenvalue weighted by Crippen LogP contribution is 2.34. The van der Waals surface area contributed by atoms with E-state index in [-0.39, 0.29) is 62.0 Å². The number of ether oxygens (including phenoxy) is 6. The SMILES string of the molecule is CNC(C)COCC(C)NCC(O)COc1ccc(C(c2ccc(OCC(O)CNC(C)COCC(C)NC)cc2)c2ccc(OCC(O)CNC(C)COCC(C)NC)cc2)cc1. The molecule has 0 aromatic heterocycles. The summed E-state index contributed by atoms with van der Waals surface area (Å²) in [5.41, 5.74) is 3.12. The monoisotopic (exact) mass is 899 g/mol. The summed E-state index contributed by atoms with van der Waals surface area (Å²) >= 11 is 0. The molecule has 0 fully saturated rings. The Morgan fingerprint density at radius 2 is 0.594 bits per heavy atom. The maximum absolute atomic E-state index is 10.6. The van der Waals surface area contributed by atoms with E-state index in [1.165, 1.54) is 0 Å². The van der Waals surface area contributed by atoms with Crippen molar-refractivity contribution in [3.8, 4) is 17.2 Å². The summed E-state index contributed by atoms with van der Waals surface area (Å²) in [4.78, 5) is 0. The molecule has 9 atom stereocenters. The topological polar surface area (TPSA) is 188 Å². The van der Waals surface area contributed by atoms with Crippen LogP contribution in [-0.4, -0.2) is 170 Å². The number of hydrogen-bond acceptors (Lipinski definition) is 15. The number of nitrogens with one attached hydrogen (secondary N) is 6. The summed E-state index contributed by atoms with van der Waals surface area (Å²) in [6, 6.07) is 24.9. The smallest absolute Gasteiger partial charge is 0.119 e. The van der Waals surface area contributed by atoms with E-state index in [1.807, 2.05) is 115 Å². The Kier molecular flexibility index (Phi) is 27.0. The summed E-state index contributed by atoms with van der Waals surface area (Å²) in [5.74, 6) is 1.82. The van der Waals surface area contributed by atoms with Gasteiger partial charge in [-0.05, 0) is 116 Å². The minimum Gasteiger partial charge on any atom is -0.491 e. The number of likely N-dealkylation sites (N-methyl/N-ethyl adjacent to an activating group) is 3. The van der Waals surface area contributed by atoms with Gasteiger partial charge in [0.2, 0.25) is 0 Å². The van der Waals surface area contributed by atoms with Crippen LogP contribution in [0.25, 0.3) is 0 Å². The van der Waals surface area contributed by atoms with Gasteiger partial charge in [-0.15, -0.1) is 0 Å². The van der Waals surface area contributed by atoms with Crippen molar-refractivity contribution >= 4 is 0 Å². The van der Waals surface area contributed by atoms with Gasteiger partial charge < -0.3 is 75.6 Å². The Morgan fingerprint density at radius 1 is 0.359 bits per heavy atom. The van der Waals surface area contributed by atoms with Crippen molar-refractivity contribution in [2.24, 2.45) is 0 Å². The highest BCUT2D eigenvalue weighted by Gasteiger charge is 2.19. The van der Waals surface area contributed by atoms with E-state index in [1.54, 1.807) is 0 Å². The average molecular weight is 899 g/mol. The van der Waals surface area contributed by atoms with Crippen molar-refractivity contribution in [1.29, 1.82) is 0 Å². The van der Waals surface area contributed by atoms with Gasteiger partial charge in [0.15, 0.2) is 0 Å². The Hall–Kier alpha value is -3.42. The molecule has 0 spiro atoms. The molecule has 9 unspecified atom stereocenters. The number of rotatable bonds is 36. The zero-order chi connectivity index (χ0) is 46.7. The molecule has 0 aliphatic heterocycles. The van der Waals surface area contributed by atoms with E-state index in [9.17, 15) is 15.3 Å². The molecule has 0 saturated carbocycles. The molecule has 3 aromatic rings. The molecule has 0 aliphatic rings. The van der Waals surface area contributed by atoms with Crippen molar-refractivity contribution in [3.05, 3.63) is 89.5 Å². The first-order chi connectivity index (χ1) is 30.8. The van der Waals surface area contributed by atoms with Crippen LogP contribution in [0.1, 0.15) is 64.2 Å². The van der Waals surface area contributed by atoms with Crippen LogP contribution in [0.3, 0.4) is 0 Å². The van der Waals surface area contributed by atoms with E-state index >= 15 is 0 Å². The number of aliphatic hydroxyl groups is 3. The predicted octanol–water partition coefficient (Wildman–Crippen LogP) is 2.89. The molecule has 0 heterocycles. The molecule has 0 saturated heterocycles. The highest BCUT2D eigenvalue weighted by atomic mass is 16.5. The maximum Gasteiger partial charge on any atom is 0.119 e. The Balaban J connectivity index is 1.62. The predicted molar refractivity (Wildman–Crippen MR) is 255 cm³/mol. The summed E-state index contributed by atoms with van der Waals surface area (Å²) < 4.78 is 35.2. The van der Waals surface area contributed by atoms with Crippen LogP contribution in [-0.2, 0) is 14.2 Å². The molecule has 0 amide bonds. The first-order valence-electron chi connectivity index (χ1n) is 23.0. The van der Waals surface area contributed by atoms with Crippen molar-refractivity contribution in [2.45, 2.75) is 102 Å². The molecule has 362 valence electrons. The van der Waals surface area contributed by atoms with Crippen molar-refractivity contribution in [3.63, 3.8) is 0 Å². The fraction of sp³-hybridized carbons (Fsp3) is 0.633. The highest BCUT2D eigenvalue weighted by molar-refractivity contribution is 5.47. The molecule has 15 heteroatoms. The maximum atomic E-state index is 10.6. The lowest BCUT2D eigenvalue weighted by Crippen LogP contribution is -2.39. The second-order valence-electron chi connectivity index (χ2n) is 17.1. The first kappa shape index (κ1) is 54.9. The van der Waals surface area contributed by atoms with Gasteiger partial charge in [-0.3, -0.25) is 0 Å². The van der Waals surface area contributed by atoms with Gasteiger partial charge in [-0.2, -0.15) is 0 Å².